The van der Waals surface area contributed by atoms with Gasteiger partial charge in [0.05, 0.1) is 32.8 Å². The van der Waals surface area contributed by atoms with E-state index >= 15 is 0 Å². The molecule has 0 saturated heterocycles. The molecule has 1 aromatic carbocycles. The van der Waals surface area contributed by atoms with Crippen molar-refractivity contribution in [2.45, 2.75) is 59.4 Å². The minimum atomic E-state index is -4.00. The molecule has 1 unspecified atom stereocenters. The van der Waals surface area contributed by atoms with E-state index in [0.29, 0.717) is 12.1 Å². The molecule has 3 rings (SSSR count). The van der Waals surface area contributed by atoms with E-state index in [-0.39, 0.29) is 50.2 Å². The van der Waals surface area contributed by atoms with Gasteiger partial charge in [0.15, 0.2) is 0 Å². The Morgan fingerprint density at radius 3 is 2.35 bits per heavy atom. The summed E-state index contributed by atoms with van der Waals surface area (Å²) in [6.07, 6.45) is 0. The number of sulfone groups is 1. The summed E-state index contributed by atoms with van der Waals surface area (Å²) in [6, 6.07) is 3.51. The van der Waals surface area contributed by atoms with Crippen molar-refractivity contribution in [3.05, 3.63) is 50.1 Å². The number of rotatable bonds is 4. The molecule has 2 heterocycles. The van der Waals surface area contributed by atoms with Crippen LogP contribution in [0.5, 0.6) is 0 Å². The van der Waals surface area contributed by atoms with Crippen LogP contribution in [0.2, 0.25) is 0 Å². The van der Waals surface area contributed by atoms with Gasteiger partial charge in [-0.25, -0.2) is 8.42 Å². The SMILES string of the molecule is CC1=C(C2=C(C)S(=O)(=O)c3cc([N+](=O)[O-])ccc3N2)C(=O)N(CC(C)C)C1C(C)(C)C. The largest absolute Gasteiger partial charge is 0.353 e. The molecule has 8 nitrogen and oxygen atoms in total. The van der Waals surface area contributed by atoms with Gasteiger partial charge in [0.25, 0.3) is 11.6 Å². The topological polar surface area (TPSA) is 110 Å². The number of hydrogen-bond donors (Lipinski definition) is 1. The summed E-state index contributed by atoms with van der Waals surface area (Å²) in [5.74, 6) is 0.0499. The van der Waals surface area contributed by atoms with Crippen molar-refractivity contribution in [2.24, 2.45) is 11.3 Å². The predicted molar refractivity (Wildman–Crippen MR) is 119 cm³/mol. The molecule has 0 saturated carbocycles. The summed E-state index contributed by atoms with van der Waals surface area (Å²) < 4.78 is 26.5. The third-order valence-corrected chi connectivity index (χ3v) is 7.63. The van der Waals surface area contributed by atoms with Crippen LogP contribution in [0.4, 0.5) is 11.4 Å². The number of anilines is 1. The Balaban J connectivity index is 2.19. The quantitative estimate of drug-likeness (QED) is 0.546. The number of allylic oxidation sites excluding steroid dienone is 1. The van der Waals surface area contributed by atoms with Crippen molar-refractivity contribution in [2.75, 3.05) is 11.9 Å². The molecular weight excluding hydrogens is 418 g/mol. The van der Waals surface area contributed by atoms with Gasteiger partial charge in [0.1, 0.15) is 4.90 Å². The number of nitrogens with one attached hydrogen (secondary N) is 1. The Bertz CT molecular complexity index is 1140. The first-order valence-corrected chi connectivity index (χ1v) is 11.7. The number of non-ortho nitro benzene ring substituents is 1. The standard InChI is InChI=1S/C22H29N3O5S/c1-12(2)11-24-20(22(5,6)7)13(3)18(21(24)26)19-14(4)31(29,30)17-10-15(25(27)28)8-9-16(17)23-19/h8-10,12,20,23H,11H2,1-7H3. The zero-order valence-electron chi connectivity index (χ0n) is 18.9. The highest BCUT2D eigenvalue weighted by molar-refractivity contribution is 7.95. The third-order valence-electron chi connectivity index (χ3n) is 5.70. The van der Waals surface area contributed by atoms with E-state index in [1.54, 1.807) is 0 Å². The zero-order chi connectivity index (χ0) is 23.5. The first-order valence-electron chi connectivity index (χ1n) is 10.2. The first-order chi connectivity index (χ1) is 14.2. The molecule has 0 fully saturated rings. The van der Waals surface area contributed by atoms with E-state index in [0.717, 1.165) is 11.6 Å². The fourth-order valence-electron chi connectivity index (χ4n) is 4.51. The lowest BCUT2D eigenvalue weighted by molar-refractivity contribution is -0.385. The van der Waals surface area contributed by atoms with Crippen LogP contribution >= 0.6 is 0 Å². The van der Waals surface area contributed by atoms with Gasteiger partial charge in [-0.2, -0.15) is 0 Å². The van der Waals surface area contributed by atoms with Gasteiger partial charge in [0.2, 0.25) is 9.84 Å². The van der Waals surface area contributed by atoms with Crippen LogP contribution < -0.4 is 5.32 Å². The van der Waals surface area contributed by atoms with Gasteiger partial charge in [0, 0.05) is 18.7 Å². The monoisotopic (exact) mass is 447 g/mol. The summed E-state index contributed by atoms with van der Waals surface area (Å²) in [7, 11) is -4.00. The second kappa shape index (κ2) is 7.47. The Morgan fingerprint density at radius 2 is 1.84 bits per heavy atom. The van der Waals surface area contributed by atoms with Crippen molar-refractivity contribution < 1.29 is 18.1 Å². The number of amides is 1. The fourth-order valence-corrected chi connectivity index (χ4v) is 5.95. The number of nitro groups is 1. The van der Waals surface area contributed by atoms with E-state index in [9.17, 15) is 23.3 Å². The molecule has 0 radical (unpaired) electrons. The summed E-state index contributed by atoms with van der Waals surface area (Å²) in [5, 5.41) is 14.2. The number of nitro benzene ring substituents is 1. The van der Waals surface area contributed by atoms with Crippen LogP contribution in [0, 0.1) is 21.4 Å². The summed E-state index contributed by atoms with van der Waals surface area (Å²) >= 11 is 0. The number of carbonyl (C=O) groups excluding carboxylic acids is 1. The Labute approximate surface area is 183 Å². The fraction of sp³-hybridized carbons (Fsp3) is 0.500. The first kappa shape index (κ1) is 23.0. The van der Waals surface area contributed by atoms with Crippen molar-refractivity contribution >= 4 is 27.1 Å². The molecule has 0 aromatic heterocycles. The molecule has 1 atom stereocenters. The van der Waals surface area contributed by atoms with Gasteiger partial charge >= 0.3 is 0 Å². The molecular formula is C22H29N3O5S. The van der Waals surface area contributed by atoms with Crippen LogP contribution in [0.15, 0.2) is 44.8 Å². The Kier molecular flexibility index (Phi) is 5.54. The van der Waals surface area contributed by atoms with E-state index in [1.165, 1.54) is 19.1 Å². The highest BCUT2D eigenvalue weighted by Crippen LogP contribution is 2.44. The second-order valence-electron chi connectivity index (χ2n) is 9.68. The number of carbonyl (C=O) groups is 1. The van der Waals surface area contributed by atoms with Crippen LogP contribution in [0.3, 0.4) is 0 Å². The average molecular weight is 448 g/mol. The van der Waals surface area contributed by atoms with Gasteiger partial charge in [-0.15, -0.1) is 0 Å². The highest BCUT2D eigenvalue weighted by atomic mass is 32.2. The summed E-state index contributed by atoms with van der Waals surface area (Å²) in [6.45, 7) is 14.1. The molecule has 0 bridgehead atoms. The maximum Gasteiger partial charge on any atom is 0.270 e. The molecule has 9 heteroatoms. The third kappa shape index (κ3) is 3.75. The molecule has 0 aliphatic carbocycles. The van der Waals surface area contributed by atoms with Crippen molar-refractivity contribution in [1.82, 2.24) is 4.90 Å². The summed E-state index contributed by atoms with van der Waals surface area (Å²) in [5.41, 5.74) is 1.13. The summed E-state index contributed by atoms with van der Waals surface area (Å²) in [4.78, 5) is 25.7. The number of benzene rings is 1. The average Bonchev–Trinajstić information content (AvgIpc) is 2.87. The van der Waals surface area contributed by atoms with Crippen LogP contribution in [-0.2, 0) is 14.6 Å². The molecule has 1 N–H and O–H groups in total. The van der Waals surface area contributed by atoms with E-state index in [1.807, 2.05) is 25.7 Å². The minimum Gasteiger partial charge on any atom is -0.353 e. The molecule has 2 aliphatic rings. The second-order valence-corrected chi connectivity index (χ2v) is 11.7. The van der Waals surface area contributed by atoms with Gasteiger partial charge in [-0.1, -0.05) is 34.6 Å². The maximum absolute atomic E-state index is 13.5. The van der Waals surface area contributed by atoms with E-state index in [2.05, 4.69) is 26.1 Å². The molecule has 31 heavy (non-hydrogen) atoms. The minimum absolute atomic E-state index is 0.0118. The number of hydrogen-bond acceptors (Lipinski definition) is 6. The van der Waals surface area contributed by atoms with Gasteiger partial charge < -0.3 is 10.2 Å². The molecule has 1 amide bonds. The van der Waals surface area contributed by atoms with E-state index in [4.69, 9.17) is 0 Å². The van der Waals surface area contributed by atoms with Crippen LogP contribution in [-0.4, -0.2) is 36.7 Å². The predicted octanol–water partition coefficient (Wildman–Crippen LogP) is 4.25. The number of fused-ring (bicyclic) bond motifs is 1. The van der Waals surface area contributed by atoms with Crippen molar-refractivity contribution in [1.29, 1.82) is 0 Å². The molecule has 0 spiro atoms. The lowest BCUT2D eigenvalue weighted by Gasteiger charge is -2.37. The lowest BCUT2D eigenvalue weighted by atomic mass is 9.82. The molecule has 1 aromatic rings. The van der Waals surface area contributed by atoms with E-state index < -0.39 is 14.8 Å². The Morgan fingerprint density at radius 1 is 1.23 bits per heavy atom. The van der Waals surface area contributed by atoms with Crippen LogP contribution in [0.1, 0.15) is 48.5 Å². The highest BCUT2D eigenvalue weighted by Gasteiger charge is 2.46. The normalized spacial score (nSPS) is 21.0. The maximum atomic E-state index is 13.5. The molecule has 168 valence electrons. The number of nitrogens with zero attached hydrogens (tertiary/aromatic N) is 2. The van der Waals surface area contributed by atoms with Gasteiger partial charge in [-0.3, -0.25) is 14.9 Å². The lowest BCUT2D eigenvalue weighted by Crippen LogP contribution is -2.45. The van der Waals surface area contributed by atoms with Crippen molar-refractivity contribution in [3.63, 3.8) is 0 Å². The van der Waals surface area contributed by atoms with Crippen molar-refractivity contribution in [3.8, 4) is 0 Å². The van der Waals surface area contributed by atoms with Crippen LogP contribution in [0.25, 0.3) is 0 Å². The zero-order valence-corrected chi connectivity index (χ0v) is 19.8. The Hall–Kier alpha value is -2.68. The molecule has 2 aliphatic heterocycles. The van der Waals surface area contributed by atoms with Gasteiger partial charge in [-0.05, 0) is 36.8 Å². The smallest absolute Gasteiger partial charge is 0.270 e.